The summed E-state index contributed by atoms with van der Waals surface area (Å²) < 4.78 is 47.2. The van der Waals surface area contributed by atoms with Crippen LogP contribution in [0, 0.1) is 0 Å². The number of carbonyl (C=O) groups is 1. The maximum absolute atomic E-state index is 15.2. The zero-order valence-electron chi connectivity index (χ0n) is 23.4. The average Bonchev–Trinajstić information content (AvgIpc) is 2.94. The minimum absolute atomic E-state index is 0.0716. The van der Waals surface area contributed by atoms with Crippen LogP contribution in [0.4, 0.5) is 4.39 Å². The third-order valence-corrected chi connectivity index (χ3v) is 5.86. The number of nitrogens with one attached hydrogen (secondary N) is 1. The highest BCUT2D eigenvalue weighted by Gasteiger charge is 2.31. The highest BCUT2D eigenvalue weighted by atomic mass is 19.1. The summed E-state index contributed by atoms with van der Waals surface area (Å²) in [5, 5.41) is 3.38. The molecule has 39 heavy (non-hydrogen) atoms. The second kappa shape index (κ2) is 19.6. The number of esters is 1. The zero-order valence-corrected chi connectivity index (χ0v) is 23.4. The van der Waals surface area contributed by atoms with Gasteiger partial charge in [-0.1, -0.05) is 60.7 Å². The first-order valence-corrected chi connectivity index (χ1v) is 13.5. The van der Waals surface area contributed by atoms with Gasteiger partial charge in [0.2, 0.25) is 0 Å². The van der Waals surface area contributed by atoms with Crippen molar-refractivity contribution in [1.29, 1.82) is 0 Å². The summed E-state index contributed by atoms with van der Waals surface area (Å²) in [5.74, 6) is -0.382. The number of hydrogen-bond acceptors (Lipinski definition) is 8. The number of alkyl halides is 1. The minimum atomic E-state index is -1.22. The van der Waals surface area contributed by atoms with E-state index in [4.69, 9.17) is 28.4 Å². The Labute approximate surface area is 232 Å². The molecule has 0 bridgehead atoms. The molecule has 1 N–H and O–H groups in total. The molecule has 1 unspecified atom stereocenters. The molecule has 0 aromatic heterocycles. The molecular weight excluding hydrogens is 505 g/mol. The fourth-order valence-electron chi connectivity index (χ4n) is 3.66. The lowest BCUT2D eigenvalue weighted by molar-refractivity contribution is -0.149. The lowest BCUT2D eigenvalue weighted by Crippen LogP contribution is -2.44. The van der Waals surface area contributed by atoms with Crippen LogP contribution in [0.2, 0.25) is 0 Å². The SMILES string of the molecule is CCOC(=O)COCCOCCOCCOCCOC(C)(C)C(F)CNC(c1ccccc1)c1ccccc1. The van der Waals surface area contributed by atoms with Crippen molar-refractivity contribution >= 4 is 5.97 Å². The molecule has 0 saturated carbocycles. The fraction of sp³-hybridized carbons (Fsp3) is 0.567. The summed E-state index contributed by atoms with van der Waals surface area (Å²) in [4.78, 5) is 11.1. The summed E-state index contributed by atoms with van der Waals surface area (Å²) in [5.41, 5.74) is 1.19. The lowest BCUT2D eigenvalue weighted by atomic mass is 9.97. The van der Waals surface area contributed by atoms with Crippen molar-refractivity contribution in [2.24, 2.45) is 0 Å². The fourth-order valence-corrected chi connectivity index (χ4v) is 3.66. The van der Waals surface area contributed by atoms with Gasteiger partial charge in [0.1, 0.15) is 12.8 Å². The summed E-state index contributed by atoms with van der Waals surface area (Å²) >= 11 is 0. The molecule has 2 aromatic carbocycles. The summed E-state index contributed by atoms with van der Waals surface area (Å²) in [7, 11) is 0. The van der Waals surface area contributed by atoms with E-state index >= 15 is 4.39 Å². The van der Waals surface area contributed by atoms with E-state index in [0.717, 1.165) is 11.1 Å². The molecule has 0 aliphatic carbocycles. The van der Waals surface area contributed by atoms with Crippen molar-refractivity contribution in [3.05, 3.63) is 71.8 Å². The van der Waals surface area contributed by atoms with E-state index in [1.54, 1.807) is 20.8 Å². The highest BCUT2D eigenvalue weighted by Crippen LogP contribution is 2.24. The smallest absolute Gasteiger partial charge is 0.332 e. The van der Waals surface area contributed by atoms with E-state index in [-0.39, 0.29) is 31.8 Å². The third kappa shape index (κ3) is 14.0. The number of rotatable bonds is 22. The minimum Gasteiger partial charge on any atom is -0.464 e. The molecule has 0 fully saturated rings. The van der Waals surface area contributed by atoms with Crippen molar-refractivity contribution in [1.82, 2.24) is 5.32 Å². The maximum Gasteiger partial charge on any atom is 0.332 e. The van der Waals surface area contributed by atoms with Crippen molar-refractivity contribution in [3.8, 4) is 0 Å². The van der Waals surface area contributed by atoms with Crippen LogP contribution in [-0.2, 0) is 33.2 Å². The number of hydrogen-bond donors (Lipinski definition) is 1. The molecule has 1 atom stereocenters. The van der Waals surface area contributed by atoms with Gasteiger partial charge in [-0.25, -0.2) is 9.18 Å². The Morgan fingerprint density at radius 3 is 1.72 bits per heavy atom. The van der Waals surface area contributed by atoms with Crippen LogP contribution >= 0.6 is 0 Å². The first-order chi connectivity index (χ1) is 18.9. The van der Waals surface area contributed by atoms with E-state index in [9.17, 15) is 4.79 Å². The van der Waals surface area contributed by atoms with E-state index in [1.807, 2.05) is 60.7 Å². The standard InChI is InChI=1S/C30H44FNO7/c1-4-38-28(33)24-37-20-19-35-16-15-34-17-18-36-21-22-39-30(2,3)27(31)23-32-29(25-11-7-5-8-12-25)26-13-9-6-10-14-26/h5-14,27,29,32H,4,15-24H2,1-3H3. The molecule has 0 aliphatic heterocycles. The molecule has 0 radical (unpaired) electrons. The second-order valence-electron chi connectivity index (χ2n) is 9.28. The molecule has 0 spiro atoms. The number of ether oxygens (including phenoxy) is 6. The normalized spacial score (nSPS) is 12.5. The van der Waals surface area contributed by atoms with E-state index in [1.165, 1.54) is 0 Å². The Balaban J connectivity index is 1.53. The van der Waals surface area contributed by atoms with Crippen LogP contribution in [0.25, 0.3) is 0 Å². The molecular formula is C30H44FNO7. The van der Waals surface area contributed by atoms with E-state index in [0.29, 0.717) is 52.9 Å². The largest absolute Gasteiger partial charge is 0.464 e. The molecule has 0 aliphatic rings. The molecule has 0 heterocycles. The average molecular weight is 550 g/mol. The quantitative estimate of drug-likeness (QED) is 0.173. The summed E-state index contributed by atoms with van der Waals surface area (Å²) in [6.45, 7) is 8.65. The Kier molecular flexibility index (Phi) is 16.5. The Hall–Kier alpha value is -2.40. The summed E-state index contributed by atoms with van der Waals surface area (Å²) in [6, 6.07) is 19.9. The van der Waals surface area contributed by atoms with Gasteiger partial charge in [0, 0.05) is 6.54 Å². The van der Waals surface area contributed by atoms with Crippen LogP contribution in [-0.4, -0.2) is 90.4 Å². The van der Waals surface area contributed by atoms with Crippen molar-refractivity contribution < 1.29 is 37.6 Å². The number of benzene rings is 2. The topological polar surface area (TPSA) is 84.5 Å². The zero-order chi connectivity index (χ0) is 28.2. The predicted octanol–water partition coefficient (Wildman–Crippen LogP) is 4.13. The molecule has 218 valence electrons. The van der Waals surface area contributed by atoms with Gasteiger partial charge in [0.25, 0.3) is 0 Å². The Morgan fingerprint density at radius 2 is 1.23 bits per heavy atom. The van der Waals surface area contributed by atoms with Gasteiger partial charge in [-0.3, -0.25) is 0 Å². The van der Waals surface area contributed by atoms with Crippen molar-refractivity contribution in [2.45, 2.75) is 38.6 Å². The summed E-state index contributed by atoms with van der Waals surface area (Å²) in [6.07, 6.45) is -1.22. The highest BCUT2D eigenvalue weighted by molar-refractivity contribution is 5.70. The van der Waals surface area contributed by atoms with Gasteiger partial charge in [-0.2, -0.15) is 0 Å². The van der Waals surface area contributed by atoms with Gasteiger partial charge in [0.05, 0.1) is 71.1 Å². The monoisotopic (exact) mass is 549 g/mol. The molecule has 0 amide bonds. The lowest BCUT2D eigenvalue weighted by Gasteiger charge is -2.31. The molecule has 8 nitrogen and oxygen atoms in total. The van der Waals surface area contributed by atoms with Gasteiger partial charge in [-0.15, -0.1) is 0 Å². The van der Waals surface area contributed by atoms with Crippen LogP contribution in [0.3, 0.4) is 0 Å². The van der Waals surface area contributed by atoms with Crippen LogP contribution in [0.1, 0.15) is 37.9 Å². The molecule has 2 aromatic rings. The van der Waals surface area contributed by atoms with Crippen molar-refractivity contribution in [3.63, 3.8) is 0 Å². The van der Waals surface area contributed by atoms with E-state index < -0.39 is 11.8 Å². The number of halogens is 1. The van der Waals surface area contributed by atoms with Gasteiger partial charge in [0.15, 0.2) is 0 Å². The van der Waals surface area contributed by atoms with E-state index in [2.05, 4.69) is 5.32 Å². The number of carbonyl (C=O) groups excluding carboxylic acids is 1. The molecule has 0 saturated heterocycles. The Bertz CT molecular complexity index is 846. The maximum atomic E-state index is 15.2. The molecule has 2 rings (SSSR count). The second-order valence-corrected chi connectivity index (χ2v) is 9.28. The molecule has 9 heteroatoms. The first-order valence-electron chi connectivity index (χ1n) is 13.5. The van der Waals surface area contributed by atoms with Crippen LogP contribution in [0.5, 0.6) is 0 Å². The Morgan fingerprint density at radius 1 is 0.769 bits per heavy atom. The van der Waals surface area contributed by atoms with Crippen molar-refractivity contribution in [2.75, 3.05) is 72.6 Å². The van der Waals surface area contributed by atoms with Crippen LogP contribution < -0.4 is 5.32 Å². The third-order valence-electron chi connectivity index (χ3n) is 5.86. The predicted molar refractivity (Wildman–Crippen MR) is 148 cm³/mol. The van der Waals surface area contributed by atoms with Gasteiger partial charge >= 0.3 is 5.97 Å². The first kappa shape index (κ1) is 32.8. The van der Waals surface area contributed by atoms with Gasteiger partial charge < -0.3 is 33.7 Å². The van der Waals surface area contributed by atoms with Gasteiger partial charge in [-0.05, 0) is 31.9 Å². The van der Waals surface area contributed by atoms with Crippen LogP contribution in [0.15, 0.2) is 60.7 Å².